The van der Waals surface area contributed by atoms with Crippen LogP contribution in [-0.4, -0.2) is 48.6 Å². The summed E-state index contributed by atoms with van der Waals surface area (Å²) in [6.45, 7) is 1.86. The fraction of sp³-hybridized carbons (Fsp3) is 0.545. The molecule has 0 aliphatic heterocycles. The van der Waals surface area contributed by atoms with E-state index in [0.29, 0.717) is 19.7 Å². The molecule has 0 aliphatic carbocycles. The minimum atomic E-state index is -0.00858. The number of hydrogen-bond acceptors (Lipinski definition) is 5. The summed E-state index contributed by atoms with van der Waals surface area (Å²) in [5.41, 5.74) is 0.777. The minimum Gasteiger partial charge on any atom is -0.395 e. The largest absolute Gasteiger partial charge is 0.395 e. The number of pyridine rings is 1. The maximum absolute atomic E-state index is 8.95. The molecule has 2 N–H and O–H groups in total. The first-order valence-corrected chi connectivity index (χ1v) is 5.22. The molecule has 1 aromatic heterocycles. The third-order valence-corrected chi connectivity index (χ3v) is 2.25. The average molecular weight is 226 g/mol. The van der Waals surface area contributed by atoms with Crippen molar-refractivity contribution in [1.29, 1.82) is 0 Å². The summed E-state index contributed by atoms with van der Waals surface area (Å²) in [5.74, 6) is 0.781. The van der Waals surface area contributed by atoms with Crippen molar-refractivity contribution in [1.82, 2.24) is 4.98 Å². The summed E-state index contributed by atoms with van der Waals surface area (Å²) in [4.78, 5) is 6.16. The molecule has 16 heavy (non-hydrogen) atoms. The molecule has 0 bridgehead atoms. The van der Waals surface area contributed by atoms with Crippen molar-refractivity contribution >= 4 is 5.82 Å². The molecule has 1 heterocycles. The van der Waals surface area contributed by atoms with Crippen molar-refractivity contribution in [3.8, 4) is 0 Å². The van der Waals surface area contributed by atoms with Crippen LogP contribution < -0.4 is 4.90 Å². The zero-order chi connectivity index (χ0) is 11.8. The maximum atomic E-state index is 8.95. The van der Waals surface area contributed by atoms with Gasteiger partial charge in [-0.15, -0.1) is 0 Å². The molecule has 0 fully saturated rings. The van der Waals surface area contributed by atoms with Crippen LogP contribution in [0.5, 0.6) is 0 Å². The normalized spacial score (nSPS) is 10.4. The number of ether oxygens (including phenoxy) is 1. The van der Waals surface area contributed by atoms with E-state index in [1.54, 1.807) is 13.3 Å². The predicted octanol–water partition coefficient (Wildman–Crippen LogP) is 0.0190. The molecule has 1 rings (SSSR count). The van der Waals surface area contributed by atoms with Gasteiger partial charge in [0.1, 0.15) is 5.82 Å². The van der Waals surface area contributed by atoms with Crippen LogP contribution in [0.25, 0.3) is 0 Å². The molecule has 0 aromatic carbocycles. The van der Waals surface area contributed by atoms with E-state index >= 15 is 0 Å². The first-order chi connectivity index (χ1) is 7.81. The van der Waals surface area contributed by atoms with Gasteiger partial charge >= 0.3 is 0 Å². The zero-order valence-electron chi connectivity index (χ0n) is 9.46. The van der Waals surface area contributed by atoms with Gasteiger partial charge in [-0.25, -0.2) is 4.98 Å². The summed E-state index contributed by atoms with van der Waals surface area (Å²) < 4.78 is 4.99. The van der Waals surface area contributed by atoms with Crippen LogP contribution in [0, 0.1) is 0 Å². The second-order valence-corrected chi connectivity index (χ2v) is 3.39. The van der Waals surface area contributed by atoms with E-state index in [1.165, 1.54) is 0 Å². The smallest absolute Gasteiger partial charge is 0.128 e. The summed E-state index contributed by atoms with van der Waals surface area (Å²) >= 11 is 0. The fourth-order valence-corrected chi connectivity index (χ4v) is 1.36. The Bertz CT molecular complexity index is 290. The van der Waals surface area contributed by atoms with Gasteiger partial charge in [0.25, 0.3) is 0 Å². The van der Waals surface area contributed by atoms with Gasteiger partial charge in [0.05, 0.1) is 19.8 Å². The highest BCUT2D eigenvalue weighted by atomic mass is 16.5. The molecule has 0 radical (unpaired) electrons. The van der Waals surface area contributed by atoms with Crippen molar-refractivity contribution in [3.05, 3.63) is 23.9 Å². The summed E-state index contributed by atoms with van der Waals surface area (Å²) in [6, 6.07) is 3.65. The Hall–Kier alpha value is -1.17. The van der Waals surface area contributed by atoms with Crippen LogP contribution in [0.1, 0.15) is 5.56 Å². The van der Waals surface area contributed by atoms with Gasteiger partial charge in [-0.05, 0) is 11.6 Å². The van der Waals surface area contributed by atoms with Gasteiger partial charge < -0.3 is 19.8 Å². The number of nitrogens with zero attached hydrogens (tertiary/aromatic N) is 2. The lowest BCUT2D eigenvalue weighted by Crippen LogP contribution is -2.30. The van der Waals surface area contributed by atoms with Gasteiger partial charge in [-0.3, -0.25) is 0 Å². The van der Waals surface area contributed by atoms with Crippen molar-refractivity contribution in [2.45, 2.75) is 6.61 Å². The monoisotopic (exact) mass is 226 g/mol. The molecule has 0 atom stereocenters. The fourth-order valence-electron chi connectivity index (χ4n) is 1.36. The second kappa shape index (κ2) is 7.16. The molecule has 0 spiro atoms. The summed E-state index contributed by atoms with van der Waals surface area (Å²) in [5, 5.41) is 17.8. The molecular weight excluding hydrogens is 208 g/mol. The van der Waals surface area contributed by atoms with E-state index in [-0.39, 0.29) is 13.2 Å². The van der Waals surface area contributed by atoms with Gasteiger partial charge in [-0.1, -0.05) is 6.07 Å². The Balaban J connectivity index is 2.67. The molecule has 90 valence electrons. The van der Waals surface area contributed by atoms with Crippen LogP contribution in [-0.2, 0) is 11.3 Å². The van der Waals surface area contributed by atoms with E-state index in [2.05, 4.69) is 4.98 Å². The molecule has 0 saturated carbocycles. The van der Waals surface area contributed by atoms with Gasteiger partial charge in [0, 0.05) is 26.4 Å². The van der Waals surface area contributed by atoms with Gasteiger partial charge in [-0.2, -0.15) is 0 Å². The lowest BCUT2D eigenvalue weighted by molar-refractivity contribution is 0.202. The second-order valence-electron chi connectivity index (χ2n) is 3.39. The van der Waals surface area contributed by atoms with Crippen LogP contribution in [0.3, 0.4) is 0 Å². The van der Waals surface area contributed by atoms with E-state index in [9.17, 15) is 0 Å². The molecule has 1 aromatic rings. The Morgan fingerprint density at radius 2 is 2.12 bits per heavy atom. The molecule has 5 nitrogen and oxygen atoms in total. The highest BCUT2D eigenvalue weighted by Gasteiger charge is 2.06. The molecule has 0 amide bonds. The molecule has 5 heteroatoms. The number of anilines is 1. The van der Waals surface area contributed by atoms with E-state index < -0.39 is 0 Å². The standard InChI is InChI=1S/C11H18N2O3/c1-16-7-5-13(4-6-14)11-3-2-10(9-15)8-12-11/h2-3,8,14-15H,4-7,9H2,1H3. The molecule has 0 saturated heterocycles. The maximum Gasteiger partial charge on any atom is 0.128 e. The lowest BCUT2D eigenvalue weighted by Gasteiger charge is -2.22. The van der Waals surface area contributed by atoms with Crippen LogP contribution >= 0.6 is 0 Å². The number of aliphatic hydroxyl groups is 2. The third-order valence-electron chi connectivity index (χ3n) is 2.25. The first kappa shape index (κ1) is 12.9. The van der Waals surface area contributed by atoms with Crippen molar-refractivity contribution < 1.29 is 14.9 Å². The quantitative estimate of drug-likeness (QED) is 0.686. The molecular formula is C11H18N2O3. The summed E-state index contributed by atoms with van der Waals surface area (Å²) in [7, 11) is 1.64. The minimum absolute atomic E-state index is 0.00858. The number of methoxy groups -OCH3 is 1. The van der Waals surface area contributed by atoms with E-state index in [1.807, 2.05) is 17.0 Å². The van der Waals surface area contributed by atoms with Gasteiger partial charge in [0.15, 0.2) is 0 Å². The lowest BCUT2D eigenvalue weighted by atomic mass is 10.3. The SMILES string of the molecule is COCCN(CCO)c1ccc(CO)cn1. The molecule has 0 aliphatic rings. The van der Waals surface area contributed by atoms with Gasteiger partial charge in [0.2, 0.25) is 0 Å². The van der Waals surface area contributed by atoms with E-state index in [0.717, 1.165) is 11.4 Å². The zero-order valence-corrected chi connectivity index (χ0v) is 9.46. The Morgan fingerprint density at radius 3 is 2.62 bits per heavy atom. The number of rotatable bonds is 7. The summed E-state index contributed by atoms with van der Waals surface area (Å²) in [6.07, 6.45) is 1.63. The Morgan fingerprint density at radius 1 is 1.31 bits per heavy atom. The highest BCUT2D eigenvalue weighted by Crippen LogP contribution is 2.10. The Kier molecular flexibility index (Phi) is 5.77. The molecule has 0 unspecified atom stereocenters. The van der Waals surface area contributed by atoms with Crippen molar-refractivity contribution in [3.63, 3.8) is 0 Å². The number of aromatic nitrogens is 1. The van der Waals surface area contributed by atoms with Crippen LogP contribution in [0.4, 0.5) is 5.82 Å². The number of aliphatic hydroxyl groups excluding tert-OH is 2. The van der Waals surface area contributed by atoms with Crippen LogP contribution in [0.2, 0.25) is 0 Å². The number of hydrogen-bond donors (Lipinski definition) is 2. The highest BCUT2D eigenvalue weighted by molar-refractivity contribution is 5.39. The van der Waals surface area contributed by atoms with Crippen LogP contribution in [0.15, 0.2) is 18.3 Å². The van der Waals surface area contributed by atoms with Crippen molar-refractivity contribution in [2.24, 2.45) is 0 Å². The first-order valence-electron chi connectivity index (χ1n) is 5.22. The topological polar surface area (TPSA) is 65.8 Å². The van der Waals surface area contributed by atoms with E-state index in [4.69, 9.17) is 14.9 Å². The average Bonchev–Trinajstić information content (AvgIpc) is 2.35. The third kappa shape index (κ3) is 3.77. The predicted molar refractivity (Wildman–Crippen MR) is 61.3 cm³/mol. The van der Waals surface area contributed by atoms with Crippen molar-refractivity contribution in [2.75, 3.05) is 38.3 Å². The Labute approximate surface area is 95.3 Å².